The summed E-state index contributed by atoms with van der Waals surface area (Å²) in [7, 11) is 0. The lowest BCUT2D eigenvalue weighted by atomic mass is 9.94. The Kier molecular flexibility index (Phi) is 5.29. The van der Waals surface area contributed by atoms with Crippen molar-refractivity contribution in [2.75, 3.05) is 0 Å². The van der Waals surface area contributed by atoms with Gasteiger partial charge in [-0.1, -0.05) is 12.8 Å². The summed E-state index contributed by atoms with van der Waals surface area (Å²) >= 11 is 0. The zero-order valence-electron chi connectivity index (χ0n) is 10.9. The molecule has 6 N–H and O–H groups in total. The number of carboxylic acid groups (broad SMARTS) is 1. The van der Waals surface area contributed by atoms with Crippen LogP contribution in [0, 0.1) is 0 Å². The number of rotatable bonds is 7. The Morgan fingerprint density at radius 2 is 1.84 bits per heavy atom. The van der Waals surface area contributed by atoms with Gasteiger partial charge in [-0.3, -0.25) is 9.59 Å². The number of amides is 2. The first-order valence-electron chi connectivity index (χ1n) is 6.42. The second-order valence-corrected chi connectivity index (χ2v) is 5.21. The first kappa shape index (κ1) is 15.4. The topological polar surface area (TPSA) is 136 Å². The highest BCUT2D eigenvalue weighted by Gasteiger charge is 2.32. The molecule has 0 spiro atoms. The van der Waals surface area contributed by atoms with Gasteiger partial charge in [-0.05, 0) is 19.3 Å². The number of carbonyl (C=O) groups excluding carboxylic acids is 2. The quantitative estimate of drug-likeness (QED) is 0.494. The normalized spacial score (nSPS) is 18.8. The molecule has 7 heteroatoms. The number of nitrogens with two attached hydrogens (primary N) is 2. The Hall–Kier alpha value is -1.63. The molecule has 0 saturated heterocycles. The van der Waals surface area contributed by atoms with Crippen molar-refractivity contribution in [1.29, 1.82) is 0 Å². The third-order valence-electron chi connectivity index (χ3n) is 3.42. The van der Waals surface area contributed by atoms with E-state index in [-0.39, 0.29) is 25.2 Å². The smallest absolute Gasteiger partial charge is 0.326 e. The molecule has 7 nitrogen and oxygen atoms in total. The third kappa shape index (κ3) is 5.25. The molecule has 1 aliphatic carbocycles. The van der Waals surface area contributed by atoms with E-state index >= 15 is 0 Å². The van der Waals surface area contributed by atoms with Crippen LogP contribution in [0.1, 0.15) is 44.9 Å². The maximum Gasteiger partial charge on any atom is 0.326 e. The van der Waals surface area contributed by atoms with Crippen molar-refractivity contribution in [3.63, 3.8) is 0 Å². The second-order valence-electron chi connectivity index (χ2n) is 5.21. The van der Waals surface area contributed by atoms with Gasteiger partial charge in [0.25, 0.3) is 0 Å². The van der Waals surface area contributed by atoms with Crippen LogP contribution < -0.4 is 16.8 Å². The standard InChI is InChI=1S/C12H21N3O4/c13-9(16)4-3-8(11(18)19)15-10(17)7-12(14)5-1-2-6-12/h8H,1-7,14H2,(H2,13,16)(H,15,17)(H,18,19)/t8-/m0/s1. The molecular weight excluding hydrogens is 250 g/mol. The van der Waals surface area contributed by atoms with Gasteiger partial charge in [-0.15, -0.1) is 0 Å². The predicted octanol–water partition coefficient (Wildman–Crippen LogP) is -0.517. The van der Waals surface area contributed by atoms with Crippen molar-refractivity contribution in [3.8, 4) is 0 Å². The Morgan fingerprint density at radius 1 is 1.26 bits per heavy atom. The summed E-state index contributed by atoms with van der Waals surface area (Å²) in [5, 5.41) is 11.4. The van der Waals surface area contributed by atoms with Crippen LogP contribution in [-0.4, -0.2) is 34.5 Å². The molecule has 0 aromatic rings. The summed E-state index contributed by atoms with van der Waals surface area (Å²) in [6.45, 7) is 0. The molecule has 1 saturated carbocycles. The fourth-order valence-corrected chi connectivity index (χ4v) is 2.36. The Labute approximate surface area is 111 Å². The van der Waals surface area contributed by atoms with E-state index in [9.17, 15) is 14.4 Å². The van der Waals surface area contributed by atoms with Gasteiger partial charge >= 0.3 is 5.97 Å². The van der Waals surface area contributed by atoms with Crippen molar-refractivity contribution in [3.05, 3.63) is 0 Å². The molecule has 0 radical (unpaired) electrons. The lowest BCUT2D eigenvalue weighted by Gasteiger charge is -2.23. The maximum atomic E-state index is 11.8. The van der Waals surface area contributed by atoms with Crippen LogP contribution >= 0.6 is 0 Å². The maximum absolute atomic E-state index is 11.8. The summed E-state index contributed by atoms with van der Waals surface area (Å²) in [6.07, 6.45) is 3.58. The van der Waals surface area contributed by atoms with Gasteiger partial charge in [0.05, 0.1) is 0 Å². The zero-order chi connectivity index (χ0) is 14.5. The molecule has 2 amide bonds. The van der Waals surface area contributed by atoms with Crippen molar-refractivity contribution in [2.45, 2.75) is 56.5 Å². The van der Waals surface area contributed by atoms with E-state index in [4.69, 9.17) is 16.6 Å². The molecule has 0 bridgehead atoms. The molecular formula is C12H21N3O4. The van der Waals surface area contributed by atoms with E-state index in [0.717, 1.165) is 25.7 Å². The minimum absolute atomic E-state index is 0.00597. The molecule has 1 aliphatic rings. The van der Waals surface area contributed by atoms with Gasteiger partial charge in [0.2, 0.25) is 11.8 Å². The summed E-state index contributed by atoms with van der Waals surface area (Å²) in [5.41, 5.74) is 10.5. The first-order valence-corrected chi connectivity index (χ1v) is 6.42. The van der Waals surface area contributed by atoms with E-state index in [1.54, 1.807) is 0 Å². The van der Waals surface area contributed by atoms with E-state index < -0.39 is 23.5 Å². The third-order valence-corrected chi connectivity index (χ3v) is 3.42. The molecule has 19 heavy (non-hydrogen) atoms. The fraction of sp³-hybridized carbons (Fsp3) is 0.750. The molecule has 0 unspecified atom stereocenters. The number of nitrogens with one attached hydrogen (secondary N) is 1. The summed E-state index contributed by atoms with van der Waals surface area (Å²) in [4.78, 5) is 33.4. The Bertz CT molecular complexity index is 364. The molecule has 0 aromatic carbocycles. The fourth-order valence-electron chi connectivity index (χ4n) is 2.36. The highest BCUT2D eigenvalue weighted by Crippen LogP contribution is 2.29. The SMILES string of the molecule is NC(=O)CC[C@H](NC(=O)CC1(N)CCCC1)C(=O)O. The van der Waals surface area contributed by atoms with Crippen molar-refractivity contribution in [1.82, 2.24) is 5.32 Å². The molecule has 1 fully saturated rings. The van der Waals surface area contributed by atoms with Crippen molar-refractivity contribution < 1.29 is 19.5 Å². The average Bonchev–Trinajstić information content (AvgIpc) is 2.70. The lowest BCUT2D eigenvalue weighted by Crippen LogP contribution is -2.47. The number of carboxylic acids is 1. The zero-order valence-corrected chi connectivity index (χ0v) is 10.9. The van der Waals surface area contributed by atoms with Gasteiger partial charge in [0.15, 0.2) is 0 Å². The first-order chi connectivity index (χ1) is 8.82. The van der Waals surface area contributed by atoms with Gasteiger partial charge in [-0.2, -0.15) is 0 Å². The van der Waals surface area contributed by atoms with Gasteiger partial charge in [-0.25, -0.2) is 4.79 Å². The highest BCUT2D eigenvalue weighted by atomic mass is 16.4. The van der Waals surface area contributed by atoms with E-state index in [1.807, 2.05) is 0 Å². The Morgan fingerprint density at radius 3 is 2.32 bits per heavy atom. The average molecular weight is 271 g/mol. The van der Waals surface area contributed by atoms with Crippen molar-refractivity contribution >= 4 is 17.8 Å². The van der Waals surface area contributed by atoms with Crippen LogP contribution in [0.2, 0.25) is 0 Å². The highest BCUT2D eigenvalue weighted by molar-refractivity contribution is 5.84. The van der Waals surface area contributed by atoms with Crippen LogP contribution in [0.3, 0.4) is 0 Å². The molecule has 1 rings (SSSR count). The van der Waals surface area contributed by atoms with Crippen LogP contribution in [0.4, 0.5) is 0 Å². The molecule has 1 atom stereocenters. The van der Waals surface area contributed by atoms with Crippen LogP contribution in [-0.2, 0) is 14.4 Å². The van der Waals surface area contributed by atoms with Crippen LogP contribution in [0.5, 0.6) is 0 Å². The van der Waals surface area contributed by atoms with Gasteiger partial charge < -0.3 is 21.9 Å². The Balaban J connectivity index is 2.46. The van der Waals surface area contributed by atoms with E-state index in [2.05, 4.69) is 5.32 Å². The number of carbonyl (C=O) groups is 3. The molecule has 0 heterocycles. The molecule has 0 aromatic heterocycles. The van der Waals surface area contributed by atoms with Crippen molar-refractivity contribution in [2.24, 2.45) is 11.5 Å². The number of hydrogen-bond acceptors (Lipinski definition) is 4. The summed E-state index contributed by atoms with van der Waals surface area (Å²) in [6, 6.07) is -1.09. The molecule has 108 valence electrons. The minimum Gasteiger partial charge on any atom is -0.480 e. The van der Waals surface area contributed by atoms with E-state index in [1.165, 1.54) is 0 Å². The largest absolute Gasteiger partial charge is 0.480 e. The lowest BCUT2D eigenvalue weighted by molar-refractivity contribution is -0.142. The summed E-state index contributed by atoms with van der Waals surface area (Å²) < 4.78 is 0. The monoisotopic (exact) mass is 271 g/mol. The number of aliphatic carboxylic acids is 1. The van der Waals surface area contributed by atoms with Gasteiger partial charge in [0, 0.05) is 18.4 Å². The number of primary amides is 1. The minimum atomic E-state index is -1.17. The number of hydrogen-bond donors (Lipinski definition) is 4. The van der Waals surface area contributed by atoms with Crippen LogP contribution in [0.15, 0.2) is 0 Å². The van der Waals surface area contributed by atoms with Gasteiger partial charge in [0.1, 0.15) is 6.04 Å². The second kappa shape index (κ2) is 6.51. The van der Waals surface area contributed by atoms with E-state index in [0.29, 0.717) is 0 Å². The van der Waals surface area contributed by atoms with Crippen LogP contribution in [0.25, 0.3) is 0 Å². The molecule has 0 aliphatic heterocycles. The predicted molar refractivity (Wildman–Crippen MR) is 68.0 cm³/mol. The summed E-state index contributed by atoms with van der Waals surface area (Å²) in [5.74, 6) is -2.15.